The molecule has 1 unspecified atom stereocenters. The summed E-state index contributed by atoms with van der Waals surface area (Å²) in [6.45, 7) is 1.95. The molecular formula is C12H10ClFN2. The van der Waals surface area contributed by atoms with Crippen molar-refractivity contribution in [2.45, 2.75) is 12.8 Å². The molecule has 1 heterocycles. The minimum absolute atomic E-state index is 0.00352. The molecule has 0 amide bonds. The van der Waals surface area contributed by atoms with E-state index in [1.54, 1.807) is 12.1 Å². The summed E-state index contributed by atoms with van der Waals surface area (Å²) in [7, 11) is 0. The second-order valence-corrected chi connectivity index (χ2v) is 3.93. The molecule has 2 rings (SSSR count). The number of aromatic nitrogens is 2. The summed E-state index contributed by atoms with van der Waals surface area (Å²) in [4.78, 5) is 7.94. The third kappa shape index (κ3) is 2.36. The Hall–Kier alpha value is -1.48. The number of nitrogens with zero attached hydrogens (tertiary/aromatic N) is 2. The standard InChI is InChI=1S/C12H10ClFN2/c1-8(9-3-2-4-10(14)5-9)11-6-12(13)16-7-15-11/h2-8H,1H3. The fourth-order valence-corrected chi connectivity index (χ4v) is 1.69. The molecule has 0 radical (unpaired) electrons. The summed E-state index contributed by atoms with van der Waals surface area (Å²) < 4.78 is 13.1. The smallest absolute Gasteiger partial charge is 0.132 e. The molecule has 1 atom stereocenters. The number of hydrogen-bond donors (Lipinski definition) is 0. The van der Waals surface area contributed by atoms with Crippen LogP contribution in [0.15, 0.2) is 36.7 Å². The van der Waals surface area contributed by atoms with Gasteiger partial charge in [-0.05, 0) is 23.8 Å². The van der Waals surface area contributed by atoms with Crippen LogP contribution < -0.4 is 0 Å². The van der Waals surface area contributed by atoms with Crippen molar-refractivity contribution in [3.8, 4) is 0 Å². The molecule has 0 aliphatic carbocycles. The van der Waals surface area contributed by atoms with Gasteiger partial charge in [-0.25, -0.2) is 14.4 Å². The summed E-state index contributed by atoms with van der Waals surface area (Å²) in [5.41, 5.74) is 1.65. The highest BCUT2D eigenvalue weighted by molar-refractivity contribution is 6.29. The molecule has 1 aromatic carbocycles. The molecule has 0 bridgehead atoms. The van der Waals surface area contributed by atoms with E-state index in [2.05, 4.69) is 9.97 Å². The highest BCUT2D eigenvalue weighted by Crippen LogP contribution is 2.23. The van der Waals surface area contributed by atoms with Crippen LogP contribution in [0.1, 0.15) is 24.1 Å². The van der Waals surface area contributed by atoms with Crippen molar-refractivity contribution >= 4 is 11.6 Å². The van der Waals surface area contributed by atoms with Crippen LogP contribution in [0.3, 0.4) is 0 Å². The lowest BCUT2D eigenvalue weighted by Crippen LogP contribution is -2.00. The lowest BCUT2D eigenvalue weighted by Gasteiger charge is -2.11. The lowest BCUT2D eigenvalue weighted by molar-refractivity contribution is 0.624. The average molecular weight is 237 g/mol. The van der Waals surface area contributed by atoms with Gasteiger partial charge in [0.2, 0.25) is 0 Å². The van der Waals surface area contributed by atoms with Crippen LogP contribution in [-0.2, 0) is 0 Å². The predicted octanol–water partition coefficient (Wildman–Crippen LogP) is 3.42. The number of benzene rings is 1. The molecule has 1 aromatic heterocycles. The first kappa shape index (κ1) is 11.0. The maximum atomic E-state index is 13.1. The van der Waals surface area contributed by atoms with E-state index in [-0.39, 0.29) is 11.7 Å². The molecule has 16 heavy (non-hydrogen) atoms. The minimum Gasteiger partial charge on any atom is -0.241 e. The summed E-state index contributed by atoms with van der Waals surface area (Å²) >= 11 is 5.78. The number of hydrogen-bond acceptors (Lipinski definition) is 2. The molecule has 0 aliphatic rings. The first-order chi connectivity index (χ1) is 7.66. The highest BCUT2D eigenvalue weighted by Gasteiger charge is 2.10. The van der Waals surface area contributed by atoms with Gasteiger partial charge in [-0.2, -0.15) is 0 Å². The van der Waals surface area contributed by atoms with Crippen LogP contribution >= 0.6 is 11.6 Å². The van der Waals surface area contributed by atoms with E-state index in [9.17, 15) is 4.39 Å². The molecule has 2 aromatic rings. The Labute approximate surface area is 98.1 Å². The Kier molecular flexibility index (Phi) is 3.15. The van der Waals surface area contributed by atoms with Crippen molar-refractivity contribution in [1.29, 1.82) is 0 Å². The zero-order valence-corrected chi connectivity index (χ0v) is 9.45. The molecule has 0 N–H and O–H groups in total. The van der Waals surface area contributed by atoms with E-state index >= 15 is 0 Å². The molecule has 0 saturated heterocycles. The third-order valence-corrected chi connectivity index (χ3v) is 2.65. The third-order valence-electron chi connectivity index (χ3n) is 2.45. The van der Waals surface area contributed by atoms with Gasteiger partial charge in [0.1, 0.15) is 17.3 Å². The Morgan fingerprint density at radius 3 is 2.75 bits per heavy atom. The van der Waals surface area contributed by atoms with Gasteiger partial charge in [0.05, 0.1) is 5.69 Å². The summed E-state index contributed by atoms with van der Waals surface area (Å²) in [5, 5.41) is 0.397. The predicted molar refractivity (Wildman–Crippen MR) is 61.0 cm³/mol. The van der Waals surface area contributed by atoms with E-state index < -0.39 is 0 Å². The van der Waals surface area contributed by atoms with Crippen molar-refractivity contribution in [1.82, 2.24) is 9.97 Å². The van der Waals surface area contributed by atoms with Gasteiger partial charge in [-0.15, -0.1) is 0 Å². The van der Waals surface area contributed by atoms with E-state index in [1.165, 1.54) is 18.5 Å². The van der Waals surface area contributed by atoms with Crippen molar-refractivity contribution < 1.29 is 4.39 Å². The van der Waals surface area contributed by atoms with Crippen molar-refractivity contribution in [2.75, 3.05) is 0 Å². The molecule has 0 saturated carbocycles. The van der Waals surface area contributed by atoms with Crippen LogP contribution in [0, 0.1) is 5.82 Å². The van der Waals surface area contributed by atoms with Crippen LogP contribution in [-0.4, -0.2) is 9.97 Å². The number of halogens is 2. The first-order valence-corrected chi connectivity index (χ1v) is 5.27. The Morgan fingerprint density at radius 1 is 1.25 bits per heavy atom. The minimum atomic E-state index is -0.246. The van der Waals surface area contributed by atoms with E-state index in [0.29, 0.717) is 5.15 Å². The van der Waals surface area contributed by atoms with E-state index in [1.807, 2.05) is 13.0 Å². The largest absolute Gasteiger partial charge is 0.241 e. The zero-order chi connectivity index (χ0) is 11.5. The SMILES string of the molecule is CC(c1cccc(F)c1)c1cc(Cl)ncn1. The second kappa shape index (κ2) is 4.58. The van der Waals surface area contributed by atoms with Gasteiger partial charge in [0.25, 0.3) is 0 Å². The van der Waals surface area contributed by atoms with E-state index in [0.717, 1.165) is 11.3 Å². The van der Waals surface area contributed by atoms with Gasteiger partial charge in [-0.1, -0.05) is 30.7 Å². The molecule has 4 heteroatoms. The van der Waals surface area contributed by atoms with Crippen LogP contribution in [0.5, 0.6) is 0 Å². The van der Waals surface area contributed by atoms with Crippen molar-refractivity contribution in [2.24, 2.45) is 0 Å². The molecular weight excluding hydrogens is 227 g/mol. The molecule has 0 aliphatic heterocycles. The van der Waals surface area contributed by atoms with Gasteiger partial charge in [-0.3, -0.25) is 0 Å². The fraction of sp³-hybridized carbons (Fsp3) is 0.167. The van der Waals surface area contributed by atoms with Gasteiger partial charge < -0.3 is 0 Å². The van der Waals surface area contributed by atoms with Gasteiger partial charge in [0.15, 0.2) is 0 Å². The lowest BCUT2D eigenvalue weighted by atomic mass is 9.98. The second-order valence-electron chi connectivity index (χ2n) is 3.54. The quantitative estimate of drug-likeness (QED) is 0.747. The Balaban J connectivity index is 2.35. The molecule has 0 spiro atoms. The maximum Gasteiger partial charge on any atom is 0.132 e. The monoisotopic (exact) mass is 236 g/mol. The normalized spacial score (nSPS) is 12.4. The molecule has 82 valence electrons. The zero-order valence-electron chi connectivity index (χ0n) is 8.69. The van der Waals surface area contributed by atoms with Gasteiger partial charge >= 0.3 is 0 Å². The van der Waals surface area contributed by atoms with Crippen LogP contribution in [0.4, 0.5) is 4.39 Å². The molecule has 0 fully saturated rings. The van der Waals surface area contributed by atoms with Crippen molar-refractivity contribution in [3.05, 3.63) is 58.9 Å². The molecule has 2 nitrogen and oxygen atoms in total. The van der Waals surface area contributed by atoms with Gasteiger partial charge in [0, 0.05) is 5.92 Å². The maximum absolute atomic E-state index is 13.1. The van der Waals surface area contributed by atoms with Crippen LogP contribution in [0.2, 0.25) is 5.15 Å². The Morgan fingerprint density at radius 2 is 2.06 bits per heavy atom. The fourth-order valence-electron chi connectivity index (χ4n) is 1.53. The van der Waals surface area contributed by atoms with Crippen LogP contribution in [0.25, 0.3) is 0 Å². The first-order valence-electron chi connectivity index (χ1n) is 4.89. The topological polar surface area (TPSA) is 25.8 Å². The summed E-state index contributed by atoms with van der Waals surface area (Å²) in [6.07, 6.45) is 1.41. The van der Waals surface area contributed by atoms with E-state index in [4.69, 9.17) is 11.6 Å². The summed E-state index contributed by atoms with van der Waals surface area (Å²) in [6, 6.07) is 8.16. The summed E-state index contributed by atoms with van der Waals surface area (Å²) in [5.74, 6) is -0.249. The average Bonchev–Trinajstić information content (AvgIpc) is 2.28. The number of rotatable bonds is 2. The Bertz CT molecular complexity index is 456. The highest BCUT2D eigenvalue weighted by atomic mass is 35.5. The van der Waals surface area contributed by atoms with Crippen molar-refractivity contribution in [3.63, 3.8) is 0 Å².